The average molecular weight is 216 g/mol. The van der Waals surface area contributed by atoms with Gasteiger partial charge >= 0.3 is 0 Å². The van der Waals surface area contributed by atoms with Crippen molar-refractivity contribution in [2.24, 2.45) is 0 Å². The van der Waals surface area contributed by atoms with Crippen molar-refractivity contribution in [3.05, 3.63) is 29.3 Å². The molecular formula is C14H20N2. The lowest BCUT2D eigenvalue weighted by Crippen LogP contribution is -2.52. The predicted octanol–water partition coefficient (Wildman–Crippen LogP) is 2.73. The van der Waals surface area contributed by atoms with Gasteiger partial charge in [0.25, 0.3) is 0 Å². The molecule has 0 unspecified atom stereocenters. The SMILES string of the molecule is Cc1cccc2c1N[C@@]1(C)N(C)CC[C@@]21C. The van der Waals surface area contributed by atoms with Crippen LogP contribution in [0.2, 0.25) is 0 Å². The highest BCUT2D eigenvalue weighted by atomic mass is 15.4. The number of para-hydroxylation sites is 1. The van der Waals surface area contributed by atoms with Crippen molar-refractivity contribution in [2.75, 3.05) is 18.9 Å². The number of nitrogens with zero attached hydrogens (tertiary/aromatic N) is 1. The van der Waals surface area contributed by atoms with Crippen molar-refractivity contribution in [1.82, 2.24) is 4.90 Å². The second-order valence-electron chi connectivity index (χ2n) is 5.70. The third-order valence-corrected chi connectivity index (χ3v) is 5.02. The standard InChI is InChI=1S/C14H20N2/c1-10-6-5-7-11-12(10)15-14(3)13(11,2)8-9-16(14)4/h5-7,15H,8-9H2,1-4H3/t13-,14-/m0/s1. The van der Waals surface area contributed by atoms with Crippen LogP contribution < -0.4 is 5.32 Å². The van der Waals surface area contributed by atoms with E-state index < -0.39 is 0 Å². The first-order valence-electron chi connectivity index (χ1n) is 6.08. The van der Waals surface area contributed by atoms with Crippen LogP contribution in [0, 0.1) is 6.92 Å². The molecule has 1 aromatic carbocycles. The van der Waals surface area contributed by atoms with Crippen molar-refractivity contribution in [3.63, 3.8) is 0 Å². The lowest BCUT2D eigenvalue weighted by atomic mass is 9.75. The van der Waals surface area contributed by atoms with E-state index in [0.29, 0.717) is 0 Å². The monoisotopic (exact) mass is 216 g/mol. The number of nitrogens with one attached hydrogen (secondary N) is 1. The molecule has 0 aliphatic carbocycles. The number of fused-ring (bicyclic) bond motifs is 3. The summed E-state index contributed by atoms with van der Waals surface area (Å²) < 4.78 is 0. The zero-order valence-corrected chi connectivity index (χ0v) is 10.6. The number of hydrogen-bond acceptors (Lipinski definition) is 2. The molecule has 0 radical (unpaired) electrons. The Morgan fingerprint density at radius 3 is 2.81 bits per heavy atom. The van der Waals surface area contributed by atoms with Gasteiger partial charge in [-0.15, -0.1) is 0 Å². The topological polar surface area (TPSA) is 15.3 Å². The lowest BCUT2D eigenvalue weighted by molar-refractivity contribution is 0.178. The number of hydrogen-bond donors (Lipinski definition) is 1. The molecule has 0 aromatic heterocycles. The van der Waals surface area contributed by atoms with Gasteiger partial charge < -0.3 is 5.32 Å². The van der Waals surface area contributed by atoms with Gasteiger partial charge in [0.2, 0.25) is 0 Å². The van der Waals surface area contributed by atoms with Crippen molar-refractivity contribution in [2.45, 2.75) is 38.3 Å². The quantitative estimate of drug-likeness (QED) is 0.717. The molecule has 1 saturated heterocycles. The molecule has 2 aliphatic heterocycles. The zero-order chi connectivity index (χ0) is 11.6. The van der Waals surface area contributed by atoms with Crippen LogP contribution in [0.5, 0.6) is 0 Å². The maximum absolute atomic E-state index is 3.76. The van der Waals surface area contributed by atoms with E-state index in [1.54, 1.807) is 0 Å². The van der Waals surface area contributed by atoms with E-state index in [-0.39, 0.29) is 11.1 Å². The highest BCUT2D eigenvalue weighted by Crippen LogP contribution is 2.54. The summed E-state index contributed by atoms with van der Waals surface area (Å²) in [6.07, 6.45) is 1.24. The number of likely N-dealkylation sites (tertiary alicyclic amines) is 1. The Morgan fingerprint density at radius 2 is 2.06 bits per heavy atom. The minimum absolute atomic E-state index is 0.0848. The Bertz CT molecular complexity index is 454. The first kappa shape index (κ1) is 10.2. The van der Waals surface area contributed by atoms with Gasteiger partial charge in [0.1, 0.15) is 0 Å². The van der Waals surface area contributed by atoms with E-state index in [1.807, 2.05) is 0 Å². The maximum Gasteiger partial charge on any atom is 0.0973 e. The van der Waals surface area contributed by atoms with Gasteiger partial charge in [-0.2, -0.15) is 0 Å². The van der Waals surface area contributed by atoms with Gasteiger partial charge in [-0.3, -0.25) is 4.90 Å². The van der Waals surface area contributed by atoms with Gasteiger partial charge in [-0.25, -0.2) is 0 Å². The first-order valence-corrected chi connectivity index (χ1v) is 6.08. The highest BCUT2D eigenvalue weighted by Gasteiger charge is 2.58. The van der Waals surface area contributed by atoms with E-state index in [0.717, 1.165) is 0 Å². The summed E-state index contributed by atoms with van der Waals surface area (Å²) >= 11 is 0. The van der Waals surface area contributed by atoms with Crippen LogP contribution in [0.25, 0.3) is 0 Å². The smallest absolute Gasteiger partial charge is 0.0973 e. The molecular weight excluding hydrogens is 196 g/mol. The molecule has 2 heteroatoms. The molecule has 86 valence electrons. The summed E-state index contributed by atoms with van der Waals surface area (Å²) in [6, 6.07) is 6.67. The second kappa shape index (κ2) is 2.80. The lowest BCUT2D eigenvalue weighted by Gasteiger charge is -2.39. The predicted molar refractivity (Wildman–Crippen MR) is 67.8 cm³/mol. The molecule has 1 aromatic rings. The Balaban J connectivity index is 2.24. The van der Waals surface area contributed by atoms with Crippen molar-refractivity contribution < 1.29 is 0 Å². The first-order chi connectivity index (χ1) is 7.49. The van der Waals surface area contributed by atoms with E-state index in [9.17, 15) is 0 Å². The maximum atomic E-state index is 3.76. The molecule has 2 aliphatic rings. The molecule has 16 heavy (non-hydrogen) atoms. The summed E-state index contributed by atoms with van der Waals surface area (Å²) in [5, 5.41) is 3.76. The van der Waals surface area contributed by atoms with Crippen LogP contribution in [0.3, 0.4) is 0 Å². The Kier molecular flexibility index (Phi) is 1.78. The molecule has 0 spiro atoms. The van der Waals surface area contributed by atoms with Crippen LogP contribution in [-0.2, 0) is 5.41 Å². The fourth-order valence-electron chi connectivity index (χ4n) is 3.45. The molecule has 2 heterocycles. The van der Waals surface area contributed by atoms with Crippen LogP contribution in [-0.4, -0.2) is 24.2 Å². The van der Waals surface area contributed by atoms with E-state index in [1.165, 1.54) is 29.8 Å². The fourth-order valence-corrected chi connectivity index (χ4v) is 3.45. The van der Waals surface area contributed by atoms with E-state index >= 15 is 0 Å². The summed E-state index contributed by atoms with van der Waals surface area (Å²) in [4.78, 5) is 2.45. The van der Waals surface area contributed by atoms with E-state index in [4.69, 9.17) is 0 Å². The third kappa shape index (κ3) is 0.921. The van der Waals surface area contributed by atoms with Crippen molar-refractivity contribution >= 4 is 5.69 Å². The fraction of sp³-hybridized carbons (Fsp3) is 0.571. The van der Waals surface area contributed by atoms with Gasteiger partial charge in [-0.1, -0.05) is 25.1 Å². The zero-order valence-electron chi connectivity index (χ0n) is 10.6. The van der Waals surface area contributed by atoms with Gasteiger partial charge in [-0.05, 0) is 38.4 Å². The van der Waals surface area contributed by atoms with Gasteiger partial charge in [0.15, 0.2) is 0 Å². The third-order valence-electron chi connectivity index (χ3n) is 5.02. The van der Waals surface area contributed by atoms with Crippen molar-refractivity contribution in [1.29, 1.82) is 0 Å². The normalized spacial score (nSPS) is 37.0. The summed E-state index contributed by atoms with van der Waals surface area (Å²) in [5.41, 5.74) is 4.56. The minimum atomic E-state index is 0.0848. The number of aryl methyl sites for hydroxylation is 1. The minimum Gasteiger partial charge on any atom is -0.366 e. The molecule has 3 rings (SSSR count). The molecule has 0 amide bonds. The average Bonchev–Trinajstić information content (AvgIpc) is 2.61. The Morgan fingerprint density at radius 1 is 1.31 bits per heavy atom. The largest absolute Gasteiger partial charge is 0.366 e. The Labute approximate surface area is 97.6 Å². The molecule has 2 atom stereocenters. The van der Waals surface area contributed by atoms with Crippen LogP contribution in [0.4, 0.5) is 5.69 Å². The summed E-state index contributed by atoms with van der Waals surface area (Å²) in [6.45, 7) is 8.10. The van der Waals surface area contributed by atoms with E-state index in [2.05, 4.69) is 56.2 Å². The molecule has 0 bridgehead atoms. The van der Waals surface area contributed by atoms with Crippen LogP contribution in [0.1, 0.15) is 31.4 Å². The number of likely N-dealkylation sites (N-methyl/N-ethyl adjacent to an activating group) is 1. The second-order valence-corrected chi connectivity index (χ2v) is 5.70. The number of rotatable bonds is 0. The highest BCUT2D eigenvalue weighted by molar-refractivity contribution is 5.68. The Hall–Kier alpha value is -1.02. The van der Waals surface area contributed by atoms with Crippen LogP contribution >= 0.6 is 0 Å². The van der Waals surface area contributed by atoms with Gasteiger partial charge in [0.05, 0.1) is 5.66 Å². The number of benzene rings is 1. The summed E-state index contributed by atoms with van der Waals surface area (Å²) in [7, 11) is 2.22. The molecule has 2 nitrogen and oxygen atoms in total. The molecule has 1 fully saturated rings. The van der Waals surface area contributed by atoms with Gasteiger partial charge in [0, 0.05) is 17.6 Å². The van der Waals surface area contributed by atoms with Crippen molar-refractivity contribution in [3.8, 4) is 0 Å². The summed E-state index contributed by atoms with van der Waals surface area (Å²) in [5.74, 6) is 0. The van der Waals surface area contributed by atoms with Crippen LogP contribution in [0.15, 0.2) is 18.2 Å². The number of anilines is 1. The molecule has 0 saturated carbocycles. The molecule has 1 N–H and O–H groups in total.